The van der Waals surface area contributed by atoms with Crippen LogP contribution in [0.2, 0.25) is 0 Å². The third-order valence-corrected chi connectivity index (χ3v) is 2.28. The molecule has 1 N–H and O–H groups in total. The van der Waals surface area contributed by atoms with Crippen LogP contribution in [-0.4, -0.2) is 11.2 Å². The van der Waals surface area contributed by atoms with Crippen molar-refractivity contribution < 1.29 is 5.11 Å². The number of aliphatic hydroxyl groups excluding tert-OH is 1. The molecule has 0 rings (SSSR count). The standard InChI is InChI=1S/C11H22O/c1-5-7-10(9(3)4)11(12)8-6-2/h10-12H,3,5-8H2,1-2,4H3. The van der Waals surface area contributed by atoms with Crippen molar-refractivity contribution in [1.82, 2.24) is 0 Å². The van der Waals surface area contributed by atoms with Crippen LogP contribution >= 0.6 is 0 Å². The van der Waals surface area contributed by atoms with Gasteiger partial charge in [0.25, 0.3) is 0 Å². The molecule has 72 valence electrons. The lowest BCUT2D eigenvalue weighted by atomic mass is 9.89. The summed E-state index contributed by atoms with van der Waals surface area (Å²) in [7, 11) is 0. The quantitative estimate of drug-likeness (QED) is 0.607. The molecule has 0 spiro atoms. The van der Waals surface area contributed by atoms with Gasteiger partial charge in [-0.15, -0.1) is 0 Å². The fourth-order valence-corrected chi connectivity index (χ4v) is 1.58. The molecule has 1 heteroatoms. The van der Waals surface area contributed by atoms with Gasteiger partial charge in [0, 0.05) is 5.92 Å². The summed E-state index contributed by atoms with van der Waals surface area (Å²) in [6.45, 7) is 10.2. The first kappa shape index (κ1) is 11.7. The molecule has 2 unspecified atom stereocenters. The lowest BCUT2D eigenvalue weighted by Gasteiger charge is -2.22. The van der Waals surface area contributed by atoms with E-state index in [1.165, 1.54) is 0 Å². The molecular formula is C11H22O. The van der Waals surface area contributed by atoms with Gasteiger partial charge in [0.1, 0.15) is 0 Å². The normalized spacial score (nSPS) is 15.7. The SMILES string of the molecule is C=C(C)C(CCC)C(O)CCC. The summed E-state index contributed by atoms with van der Waals surface area (Å²) < 4.78 is 0. The third kappa shape index (κ3) is 3.91. The van der Waals surface area contributed by atoms with Crippen molar-refractivity contribution in [2.24, 2.45) is 5.92 Å². The van der Waals surface area contributed by atoms with E-state index in [1.54, 1.807) is 0 Å². The maximum atomic E-state index is 9.75. The van der Waals surface area contributed by atoms with Crippen molar-refractivity contribution in [3.8, 4) is 0 Å². The van der Waals surface area contributed by atoms with Crippen LogP contribution < -0.4 is 0 Å². The van der Waals surface area contributed by atoms with Crippen LogP contribution in [0, 0.1) is 5.92 Å². The minimum absolute atomic E-state index is 0.174. The van der Waals surface area contributed by atoms with Crippen molar-refractivity contribution in [3.63, 3.8) is 0 Å². The molecule has 0 bridgehead atoms. The van der Waals surface area contributed by atoms with Gasteiger partial charge in [0.05, 0.1) is 6.10 Å². The first-order chi connectivity index (χ1) is 5.63. The predicted molar refractivity (Wildman–Crippen MR) is 54.1 cm³/mol. The van der Waals surface area contributed by atoms with E-state index < -0.39 is 0 Å². The van der Waals surface area contributed by atoms with Crippen molar-refractivity contribution in [2.45, 2.75) is 52.6 Å². The highest BCUT2D eigenvalue weighted by molar-refractivity contribution is 4.98. The molecule has 0 radical (unpaired) electrons. The average Bonchev–Trinajstić information content (AvgIpc) is 1.99. The largest absolute Gasteiger partial charge is 0.393 e. The topological polar surface area (TPSA) is 20.2 Å². The molecule has 0 amide bonds. The zero-order chi connectivity index (χ0) is 9.56. The Morgan fingerprint density at radius 2 is 1.75 bits per heavy atom. The lowest BCUT2D eigenvalue weighted by Crippen LogP contribution is -2.20. The Balaban J connectivity index is 3.99. The van der Waals surface area contributed by atoms with E-state index in [1.807, 2.05) is 6.92 Å². The van der Waals surface area contributed by atoms with E-state index >= 15 is 0 Å². The number of rotatable bonds is 6. The molecule has 0 aliphatic heterocycles. The van der Waals surface area contributed by atoms with E-state index in [4.69, 9.17) is 0 Å². The molecule has 0 aliphatic carbocycles. The van der Waals surface area contributed by atoms with E-state index in [0.717, 1.165) is 31.3 Å². The van der Waals surface area contributed by atoms with Crippen LogP contribution in [0.5, 0.6) is 0 Å². The maximum absolute atomic E-state index is 9.75. The molecule has 0 aromatic carbocycles. The van der Waals surface area contributed by atoms with Crippen LogP contribution in [0.15, 0.2) is 12.2 Å². The molecule has 0 saturated heterocycles. The van der Waals surface area contributed by atoms with Gasteiger partial charge in [-0.3, -0.25) is 0 Å². The van der Waals surface area contributed by atoms with Crippen molar-refractivity contribution in [3.05, 3.63) is 12.2 Å². The number of aliphatic hydroxyl groups is 1. The highest BCUT2D eigenvalue weighted by Crippen LogP contribution is 2.22. The van der Waals surface area contributed by atoms with E-state index in [-0.39, 0.29) is 6.10 Å². The van der Waals surface area contributed by atoms with Crippen LogP contribution in [0.1, 0.15) is 46.5 Å². The van der Waals surface area contributed by atoms with Gasteiger partial charge >= 0.3 is 0 Å². The first-order valence-electron chi connectivity index (χ1n) is 4.96. The van der Waals surface area contributed by atoms with Gasteiger partial charge in [0.2, 0.25) is 0 Å². The van der Waals surface area contributed by atoms with Gasteiger partial charge in [-0.2, -0.15) is 0 Å². The van der Waals surface area contributed by atoms with Crippen molar-refractivity contribution >= 4 is 0 Å². The second-order valence-corrected chi connectivity index (χ2v) is 3.60. The Hall–Kier alpha value is -0.300. The average molecular weight is 170 g/mol. The molecule has 2 atom stereocenters. The molecule has 1 nitrogen and oxygen atoms in total. The zero-order valence-electron chi connectivity index (χ0n) is 8.64. The Morgan fingerprint density at radius 1 is 1.25 bits per heavy atom. The highest BCUT2D eigenvalue weighted by atomic mass is 16.3. The molecule has 0 aromatic heterocycles. The second-order valence-electron chi connectivity index (χ2n) is 3.60. The Labute approximate surface area is 76.5 Å². The summed E-state index contributed by atoms with van der Waals surface area (Å²) in [6, 6.07) is 0. The summed E-state index contributed by atoms with van der Waals surface area (Å²) in [5.74, 6) is 0.315. The van der Waals surface area contributed by atoms with Gasteiger partial charge in [-0.25, -0.2) is 0 Å². The summed E-state index contributed by atoms with van der Waals surface area (Å²) >= 11 is 0. The predicted octanol–water partition coefficient (Wildman–Crippen LogP) is 3.14. The summed E-state index contributed by atoms with van der Waals surface area (Å²) in [5.41, 5.74) is 1.12. The van der Waals surface area contributed by atoms with Gasteiger partial charge in [-0.1, -0.05) is 38.8 Å². The van der Waals surface area contributed by atoms with Crippen LogP contribution in [0.25, 0.3) is 0 Å². The smallest absolute Gasteiger partial charge is 0.0605 e. The van der Waals surface area contributed by atoms with Gasteiger partial charge in [0.15, 0.2) is 0 Å². The highest BCUT2D eigenvalue weighted by Gasteiger charge is 2.17. The maximum Gasteiger partial charge on any atom is 0.0605 e. The lowest BCUT2D eigenvalue weighted by molar-refractivity contribution is 0.110. The van der Waals surface area contributed by atoms with Crippen molar-refractivity contribution in [2.75, 3.05) is 0 Å². The number of hydrogen-bond acceptors (Lipinski definition) is 1. The van der Waals surface area contributed by atoms with Gasteiger partial charge in [-0.05, 0) is 19.8 Å². The van der Waals surface area contributed by atoms with Crippen LogP contribution in [0.4, 0.5) is 0 Å². The number of hydrogen-bond donors (Lipinski definition) is 1. The van der Waals surface area contributed by atoms with Crippen LogP contribution in [-0.2, 0) is 0 Å². The summed E-state index contributed by atoms with van der Waals surface area (Å²) in [6.07, 6.45) is 3.97. The fraction of sp³-hybridized carbons (Fsp3) is 0.818. The fourth-order valence-electron chi connectivity index (χ4n) is 1.58. The Bertz CT molecular complexity index is 129. The monoisotopic (exact) mass is 170 g/mol. The molecule has 0 fully saturated rings. The van der Waals surface area contributed by atoms with Crippen LogP contribution in [0.3, 0.4) is 0 Å². The van der Waals surface area contributed by atoms with Crippen molar-refractivity contribution in [1.29, 1.82) is 0 Å². The molecule has 0 heterocycles. The Morgan fingerprint density at radius 3 is 2.08 bits per heavy atom. The van der Waals surface area contributed by atoms with E-state index in [9.17, 15) is 5.11 Å². The molecule has 0 aliphatic rings. The summed E-state index contributed by atoms with van der Waals surface area (Å²) in [5, 5.41) is 9.75. The molecule has 12 heavy (non-hydrogen) atoms. The molecular weight excluding hydrogens is 148 g/mol. The van der Waals surface area contributed by atoms with E-state index in [2.05, 4.69) is 20.4 Å². The van der Waals surface area contributed by atoms with Gasteiger partial charge < -0.3 is 5.11 Å². The minimum atomic E-state index is -0.174. The Kier molecular flexibility index (Phi) is 6.09. The zero-order valence-corrected chi connectivity index (χ0v) is 8.64. The first-order valence-corrected chi connectivity index (χ1v) is 4.96. The second kappa shape index (κ2) is 6.24. The molecule has 0 aromatic rings. The van der Waals surface area contributed by atoms with E-state index in [0.29, 0.717) is 5.92 Å². The summed E-state index contributed by atoms with van der Waals surface area (Å²) in [4.78, 5) is 0. The third-order valence-electron chi connectivity index (χ3n) is 2.28. The minimum Gasteiger partial charge on any atom is -0.393 e. The molecule has 0 saturated carbocycles.